The molecule has 7 nitrogen and oxygen atoms in total. The van der Waals surface area contributed by atoms with Crippen molar-refractivity contribution in [3.63, 3.8) is 0 Å². The second-order valence-electron chi connectivity index (χ2n) is 8.75. The Bertz CT molecular complexity index is 1370. The summed E-state index contributed by atoms with van der Waals surface area (Å²) in [6.07, 6.45) is 1.96. The number of thiazole rings is 1. The average Bonchev–Trinajstić information content (AvgIpc) is 3.52. The van der Waals surface area contributed by atoms with Crippen molar-refractivity contribution in [1.82, 2.24) is 25.0 Å². The molecular formula is C26H27N5O2S. The number of fused-ring (bicyclic) bond motifs is 1. The molecule has 2 heterocycles. The molecule has 174 valence electrons. The van der Waals surface area contributed by atoms with Gasteiger partial charge in [0.15, 0.2) is 5.69 Å². The zero-order chi connectivity index (χ0) is 23.8. The van der Waals surface area contributed by atoms with Gasteiger partial charge in [-0.05, 0) is 38.3 Å². The molecule has 2 aromatic carbocycles. The Kier molecular flexibility index (Phi) is 5.91. The minimum atomic E-state index is -0.232. The Morgan fingerprint density at radius 2 is 1.82 bits per heavy atom. The quantitative estimate of drug-likeness (QED) is 0.433. The Morgan fingerprint density at radius 1 is 1.09 bits per heavy atom. The van der Waals surface area contributed by atoms with Gasteiger partial charge in [0, 0.05) is 31.6 Å². The van der Waals surface area contributed by atoms with Crippen LogP contribution < -0.4 is 5.32 Å². The fourth-order valence-corrected chi connectivity index (χ4v) is 5.12. The molecule has 0 bridgehead atoms. The number of hydrogen-bond donors (Lipinski definition) is 1. The lowest BCUT2D eigenvalue weighted by Gasteiger charge is -2.22. The van der Waals surface area contributed by atoms with Gasteiger partial charge >= 0.3 is 0 Å². The van der Waals surface area contributed by atoms with Crippen molar-refractivity contribution in [2.45, 2.75) is 32.7 Å². The summed E-state index contributed by atoms with van der Waals surface area (Å²) in [5.41, 5.74) is 3.99. The first-order valence-corrected chi connectivity index (χ1v) is 12.3. The van der Waals surface area contributed by atoms with Crippen LogP contribution in [0.2, 0.25) is 0 Å². The highest BCUT2D eigenvalue weighted by molar-refractivity contribution is 7.15. The predicted octanol–water partition coefficient (Wildman–Crippen LogP) is 4.35. The highest BCUT2D eigenvalue weighted by Crippen LogP contribution is 2.34. The Morgan fingerprint density at radius 3 is 2.56 bits per heavy atom. The van der Waals surface area contributed by atoms with Gasteiger partial charge in [0.05, 0.1) is 15.4 Å². The van der Waals surface area contributed by atoms with Gasteiger partial charge in [-0.3, -0.25) is 14.3 Å². The first kappa shape index (κ1) is 22.3. The molecule has 8 heteroatoms. The summed E-state index contributed by atoms with van der Waals surface area (Å²) in [5.74, 6) is -0.301. The lowest BCUT2D eigenvalue weighted by Crippen LogP contribution is -2.40. The minimum absolute atomic E-state index is 0.0695. The third-order valence-electron chi connectivity index (χ3n) is 6.11. The summed E-state index contributed by atoms with van der Waals surface area (Å²) in [6, 6.07) is 16.0. The topological polar surface area (TPSA) is 80.1 Å². The number of nitrogens with one attached hydrogen (secondary N) is 1. The second kappa shape index (κ2) is 9.02. The number of carbonyl (C=O) groups excluding carboxylic acids is 2. The Hall–Kier alpha value is -3.52. The van der Waals surface area contributed by atoms with Crippen LogP contribution in [0.5, 0.6) is 0 Å². The number of amides is 2. The van der Waals surface area contributed by atoms with Gasteiger partial charge in [-0.1, -0.05) is 48.0 Å². The number of carbonyl (C=O) groups is 2. The molecule has 0 aliphatic heterocycles. The van der Waals surface area contributed by atoms with Crippen molar-refractivity contribution in [3.8, 4) is 10.4 Å². The van der Waals surface area contributed by atoms with E-state index in [0.29, 0.717) is 24.5 Å². The number of para-hydroxylation sites is 1. The monoisotopic (exact) mass is 473 g/mol. The van der Waals surface area contributed by atoms with E-state index < -0.39 is 0 Å². The van der Waals surface area contributed by atoms with Crippen LogP contribution in [0.4, 0.5) is 0 Å². The van der Waals surface area contributed by atoms with Crippen molar-refractivity contribution in [2.24, 2.45) is 7.05 Å². The summed E-state index contributed by atoms with van der Waals surface area (Å²) in [4.78, 5) is 33.8. The molecule has 1 N–H and O–H groups in total. The molecule has 5 rings (SSSR count). The van der Waals surface area contributed by atoms with Gasteiger partial charge in [0.25, 0.3) is 11.8 Å². The van der Waals surface area contributed by atoms with Crippen LogP contribution in [0.3, 0.4) is 0 Å². The zero-order valence-corrected chi connectivity index (χ0v) is 20.4. The summed E-state index contributed by atoms with van der Waals surface area (Å²) < 4.78 is 1.71. The number of aromatic nitrogens is 3. The highest BCUT2D eigenvalue weighted by atomic mass is 32.1. The largest absolute Gasteiger partial charge is 0.349 e. The van der Waals surface area contributed by atoms with Crippen molar-refractivity contribution in [2.75, 3.05) is 13.1 Å². The van der Waals surface area contributed by atoms with Crippen molar-refractivity contribution in [1.29, 1.82) is 0 Å². The highest BCUT2D eigenvalue weighted by Gasteiger charge is 2.35. The normalized spacial score (nSPS) is 13.3. The molecule has 1 fully saturated rings. The SMILES string of the molecule is Cc1ccc(-c2sc(C)nc2C(=O)N(CCNC(=O)c2nn(C)c3ccccc23)C2CC2)cc1. The van der Waals surface area contributed by atoms with Crippen LogP contribution in [0, 0.1) is 13.8 Å². The van der Waals surface area contributed by atoms with E-state index in [1.54, 1.807) is 16.0 Å². The zero-order valence-electron chi connectivity index (χ0n) is 19.5. The molecule has 4 aromatic rings. The maximum absolute atomic E-state index is 13.6. The van der Waals surface area contributed by atoms with E-state index >= 15 is 0 Å². The van der Waals surface area contributed by atoms with E-state index in [9.17, 15) is 9.59 Å². The molecule has 0 spiro atoms. The standard InChI is InChI=1S/C26H27N5O2S/c1-16-8-10-18(11-9-16)24-23(28-17(2)34-24)26(33)31(19-12-13-19)15-14-27-25(32)22-20-6-4-5-7-21(20)30(3)29-22/h4-11,19H,12-15H2,1-3H3,(H,27,32). The molecule has 1 saturated carbocycles. The lowest BCUT2D eigenvalue weighted by molar-refractivity contribution is 0.0732. The fraction of sp³-hybridized carbons (Fsp3) is 0.308. The molecule has 0 atom stereocenters. The van der Waals surface area contributed by atoms with Gasteiger partial charge in [-0.2, -0.15) is 5.10 Å². The minimum Gasteiger partial charge on any atom is -0.349 e. The summed E-state index contributed by atoms with van der Waals surface area (Å²) >= 11 is 1.54. The van der Waals surface area contributed by atoms with Crippen molar-refractivity contribution >= 4 is 34.1 Å². The van der Waals surface area contributed by atoms with E-state index in [4.69, 9.17) is 0 Å². The maximum atomic E-state index is 13.6. The van der Waals surface area contributed by atoms with Crippen LogP contribution >= 0.6 is 11.3 Å². The average molecular weight is 474 g/mol. The number of rotatable bonds is 7. The second-order valence-corrected chi connectivity index (χ2v) is 9.95. The predicted molar refractivity (Wildman–Crippen MR) is 134 cm³/mol. The molecular weight excluding hydrogens is 446 g/mol. The van der Waals surface area contributed by atoms with Crippen LogP contribution in [-0.4, -0.2) is 50.6 Å². The van der Waals surface area contributed by atoms with Gasteiger partial charge in [0.1, 0.15) is 5.69 Å². The van der Waals surface area contributed by atoms with E-state index in [1.807, 2.05) is 74.3 Å². The molecule has 2 aromatic heterocycles. The lowest BCUT2D eigenvalue weighted by atomic mass is 10.1. The summed E-state index contributed by atoms with van der Waals surface area (Å²) in [6.45, 7) is 4.77. The van der Waals surface area contributed by atoms with Crippen molar-refractivity contribution < 1.29 is 9.59 Å². The Balaban J connectivity index is 1.31. The number of aryl methyl sites for hydroxylation is 3. The van der Waals surface area contributed by atoms with Crippen LogP contribution in [0.15, 0.2) is 48.5 Å². The maximum Gasteiger partial charge on any atom is 0.274 e. The van der Waals surface area contributed by atoms with Crippen LogP contribution in [0.1, 0.15) is 44.4 Å². The summed E-state index contributed by atoms with van der Waals surface area (Å²) in [7, 11) is 1.83. The van der Waals surface area contributed by atoms with E-state index in [-0.39, 0.29) is 17.9 Å². The van der Waals surface area contributed by atoms with Crippen molar-refractivity contribution in [3.05, 3.63) is 70.5 Å². The smallest absolute Gasteiger partial charge is 0.274 e. The number of nitrogens with zero attached hydrogens (tertiary/aromatic N) is 4. The van der Waals surface area contributed by atoms with Gasteiger partial charge in [0.2, 0.25) is 0 Å². The van der Waals surface area contributed by atoms with Crippen LogP contribution in [-0.2, 0) is 7.05 Å². The number of benzene rings is 2. The first-order valence-electron chi connectivity index (χ1n) is 11.5. The molecule has 0 saturated heterocycles. The van der Waals surface area contributed by atoms with E-state index in [1.165, 1.54) is 5.56 Å². The van der Waals surface area contributed by atoms with Gasteiger partial charge in [-0.25, -0.2) is 4.98 Å². The molecule has 0 radical (unpaired) electrons. The first-order chi connectivity index (χ1) is 16.4. The third kappa shape index (κ3) is 4.33. The third-order valence-corrected chi connectivity index (χ3v) is 7.13. The Labute approximate surface area is 202 Å². The molecule has 1 aliphatic rings. The van der Waals surface area contributed by atoms with E-state index in [2.05, 4.69) is 15.4 Å². The van der Waals surface area contributed by atoms with Gasteiger partial charge in [-0.15, -0.1) is 11.3 Å². The molecule has 2 amide bonds. The summed E-state index contributed by atoms with van der Waals surface area (Å²) in [5, 5.41) is 9.03. The van der Waals surface area contributed by atoms with Crippen LogP contribution in [0.25, 0.3) is 21.3 Å². The fourth-order valence-electron chi connectivity index (χ4n) is 4.20. The number of hydrogen-bond acceptors (Lipinski definition) is 5. The molecule has 34 heavy (non-hydrogen) atoms. The molecule has 1 aliphatic carbocycles. The van der Waals surface area contributed by atoms with Gasteiger partial charge < -0.3 is 10.2 Å². The molecule has 0 unspecified atom stereocenters. The van der Waals surface area contributed by atoms with E-state index in [0.717, 1.165) is 39.2 Å².